The number of carbonyl (C=O) groups is 2. The molecule has 3 N–H and O–H groups in total. The summed E-state index contributed by atoms with van der Waals surface area (Å²) in [6, 6.07) is 7.34. The summed E-state index contributed by atoms with van der Waals surface area (Å²) >= 11 is 0. The Labute approximate surface area is 124 Å². The number of aliphatic carboxylic acids is 1. The van der Waals surface area contributed by atoms with Crippen LogP contribution in [0.1, 0.15) is 30.9 Å². The molecule has 1 saturated heterocycles. The average Bonchev–Trinajstić information content (AvgIpc) is 2.46. The minimum absolute atomic E-state index is 0.0206. The van der Waals surface area contributed by atoms with Crippen LogP contribution in [0.25, 0.3) is 0 Å². The molecule has 1 heterocycles. The van der Waals surface area contributed by atoms with E-state index in [1.807, 2.05) is 25.1 Å². The van der Waals surface area contributed by atoms with E-state index < -0.39 is 5.97 Å². The van der Waals surface area contributed by atoms with E-state index in [0.29, 0.717) is 6.54 Å². The van der Waals surface area contributed by atoms with Gasteiger partial charge in [0.2, 0.25) is 5.91 Å². The van der Waals surface area contributed by atoms with Crippen molar-refractivity contribution in [1.82, 2.24) is 10.6 Å². The Balaban J connectivity index is 1.99. The Bertz CT molecular complexity index is 522. The van der Waals surface area contributed by atoms with Crippen molar-refractivity contribution in [2.75, 3.05) is 13.1 Å². The first-order chi connectivity index (χ1) is 10.0. The SMILES string of the molecule is CC1(C(=O)NCc2ccccc2CC(=O)O)CCNCC1. The van der Waals surface area contributed by atoms with Crippen LogP contribution < -0.4 is 10.6 Å². The maximum Gasteiger partial charge on any atom is 0.307 e. The summed E-state index contributed by atoms with van der Waals surface area (Å²) in [7, 11) is 0. The molecule has 1 aliphatic heterocycles. The van der Waals surface area contributed by atoms with Gasteiger partial charge in [-0.05, 0) is 37.1 Å². The fourth-order valence-corrected chi connectivity index (χ4v) is 2.66. The van der Waals surface area contributed by atoms with E-state index in [1.165, 1.54) is 0 Å². The third kappa shape index (κ3) is 4.04. The number of benzene rings is 1. The number of carboxylic acids is 1. The molecule has 114 valence electrons. The molecule has 0 aliphatic carbocycles. The first-order valence-corrected chi connectivity index (χ1v) is 7.29. The van der Waals surface area contributed by atoms with Gasteiger partial charge >= 0.3 is 5.97 Å². The van der Waals surface area contributed by atoms with Crippen molar-refractivity contribution in [1.29, 1.82) is 0 Å². The molecule has 0 bridgehead atoms. The number of rotatable bonds is 5. The van der Waals surface area contributed by atoms with Gasteiger partial charge in [-0.1, -0.05) is 31.2 Å². The molecule has 1 aromatic carbocycles. The van der Waals surface area contributed by atoms with Crippen LogP contribution in [-0.2, 0) is 22.6 Å². The van der Waals surface area contributed by atoms with E-state index >= 15 is 0 Å². The number of amides is 1. The molecule has 0 atom stereocenters. The molecule has 5 heteroatoms. The monoisotopic (exact) mass is 290 g/mol. The molecule has 5 nitrogen and oxygen atoms in total. The first-order valence-electron chi connectivity index (χ1n) is 7.29. The van der Waals surface area contributed by atoms with Crippen molar-refractivity contribution in [2.24, 2.45) is 5.41 Å². The summed E-state index contributed by atoms with van der Waals surface area (Å²) in [5.41, 5.74) is 1.29. The minimum Gasteiger partial charge on any atom is -0.481 e. The van der Waals surface area contributed by atoms with E-state index in [1.54, 1.807) is 6.07 Å². The van der Waals surface area contributed by atoms with E-state index in [2.05, 4.69) is 10.6 Å². The molecule has 0 aromatic heterocycles. The molecule has 2 rings (SSSR count). The summed E-state index contributed by atoms with van der Waals surface area (Å²) < 4.78 is 0. The average molecular weight is 290 g/mol. The zero-order chi connectivity index (χ0) is 15.3. The van der Waals surface area contributed by atoms with Crippen LogP contribution >= 0.6 is 0 Å². The number of nitrogens with one attached hydrogen (secondary N) is 2. The Kier molecular flexibility index (Phi) is 4.96. The highest BCUT2D eigenvalue weighted by atomic mass is 16.4. The largest absolute Gasteiger partial charge is 0.481 e. The van der Waals surface area contributed by atoms with Crippen molar-refractivity contribution in [2.45, 2.75) is 32.7 Å². The van der Waals surface area contributed by atoms with E-state index in [4.69, 9.17) is 5.11 Å². The normalized spacial score (nSPS) is 17.2. The summed E-state index contributed by atoms with van der Waals surface area (Å²) in [6.45, 7) is 4.09. The van der Waals surface area contributed by atoms with E-state index in [9.17, 15) is 9.59 Å². The molecule has 1 aliphatic rings. The lowest BCUT2D eigenvalue weighted by Gasteiger charge is -2.32. The van der Waals surface area contributed by atoms with Crippen LogP contribution in [0.4, 0.5) is 0 Å². The molecular weight excluding hydrogens is 268 g/mol. The van der Waals surface area contributed by atoms with Gasteiger partial charge in [-0.3, -0.25) is 9.59 Å². The van der Waals surface area contributed by atoms with Gasteiger partial charge in [-0.2, -0.15) is 0 Å². The fraction of sp³-hybridized carbons (Fsp3) is 0.500. The molecule has 1 aromatic rings. The second-order valence-corrected chi connectivity index (χ2v) is 5.83. The molecule has 1 fully saturated rings. The van der Waals surface area contributed by atoms with E-state index in [0.717, 1.165) is 37.1 Å². The Hall–Kier alpha value is -1.88. The second-order valence-electron chi connectivity index (χ2n) is 5.83. The molecule has 0 radical (unpaired) electrons. The Morgan fingerprint density at radius 3 is 2.48 bits per heavy atom. The number of carboxylic acid groups (broad SMARTS) is 1. The fourth-order valence-electron chi connectivity index (χ4n) is 2.66. The van der Waals surface area contributed by atoms with Crippen molar-refractivity contribution >= 4 is 11.9 Å². The van der Waals surface area contributed by atoms with Crippen molar-refractivity contribution < 1.29 is 14.7 Å². The van der Waals surface area contributed by atoms with Crippen LogP contribution in [0.3, 0.4) is 0 Å². The predicted molar refractivity (Wildman–Crippen MR) is 79.8 cm³/mol. The van der Waals surface area contributed by atoms with Gasteiger partial charge in [0.1, 0.15) is 0 Å². The third-order valence-corrected chi connectivity index (χ3v) is 4.15. The zero-order valence-electron chi connectivity index (χ0n) is 12.3. The Morgan fingerprint density at radius 2 is 1.86 bits per heavy atom. The molecule has 1 amide bonds. The molecular formula is C16H22N2O3. The van der Waals surface area contributed by atoms with Gasteiger partial charge in [0, 0.05) is 12.0 Å². The summed E-state index contributed by atoms with van der Waals surface area (Å²) in [5.74, 6) is -0.812. The summed E-state index contributed by atoms with van der Waals surface area (Å²) in [6.07, 6.45) is 1.64. The lowest BCUT2D eigenvalue weighted by Crippen LogP contribution is -2.45. The van der Waals surface area contributed by atoms with Crippen molar-refractivity contribution in [3.63, 3.8) is 0 Å². The molecule has 0 saturated carbocycles. The second kappa shape index (κ2) is 6.72. The van der Waals surface area contributed by atoms with Crippen LogP contribution in [0.15, 0.2) is 24.3 Å². The van der Waals surface area contributed by atoms with Crippen LogP contribution in [0, 0.1) is 5.41 Å². The number of piperidine rings is 1. The lowest BCUT2D eigenvalue weighted by molar-refractivity contribution is -0.136. The summed E-state index contributed by atoms with van der Waals surface area (Å²) in [4.78, 5) is 23.2. The smallest absolute Gasteiger partial charge is 0.307 e. The van der Waals surface area contributed by atoms with Crippen LogP contribution in [-0.4, -0.2) is 30.1 Å². The highest BCUT2D eigenvalue weighted by molar-refractivity contribution is 5.82. The van der Waals surface area contributed by atoms with Crippen molar-refractivity contribution in [3.05, 3.63) is 35.4 Å². The van der Waals surface area contributed by atoms with Gasteiger partial charge in [0.15, 0.2) is 0 Å². The summed E-state index contributed by atoms with van der Waals surface area (Å²) in [5, 5.41) is 15.1. The number of hydrogen-bond donors (Lipinski definition) is 3. The zero-order valence-corrected chi connectivity index (χ0v) is 12.3. The van der Waals surface area contributed by atoms with Crippen LogP contribution in [0.5, 0.6) is 0 Å². The quantitative estimate of drug-likeness (QED) is 0.764. The lowest BCUT2D eigenvalue weighted by atomic mass is 9.80. The highest BCUT2D eigenvalue weighted by Crippen LogP contribution is 2.28. The molecule has 21 heavy (non-hydrogen) atoms. The van der Waals surface area contributed by atoms with Crippen LogP contribution in [0.2, 0.25) is 0 Å². The van der Waals surface area contributed by atoms with Gasteiger partial charge in [-0.25, -0.2) is 0 Å². The number of hydrogen-bond acceptors (Lipinski definition) is 3. The van der Waals surface area contributed by atoms with Gasteiger partial charge < -0.3 is 15.7 Å². The van der Waals surface area contributed by atoms with Gasteiger partial charge in [0.25, 0.3) is 0 Å². The first kappa shape index (κ1) is 15.5. The molecule has 0 spiro atoms. The Morgan fingerprint density at radius 1 is 1.24 bits per heavy atom. The predicted octanol–water partition coefficient (Wildman–Crippen LogP) is 1.32. The number of carbonyl (C=O) groups excluding carboxylic acids is 1. The standard InChI is InChI=1S/C16H22N2O3/c1-16(6-8-17-9-7-16)15(21)18-11-13-5-3-2-4-12(13)10-14(19)20/h2-5,17H,6-11H2,1H3,(H,18,21)(H,19,20). The highest BCUT2D eigenvalue weighted by Gasteiger charge is 2.34. The third-order valence-electron chi connectivity index (χ3n) is 4.15. The molecule has 0 unspecified atom stereocenters. The maximum absolute atomic E-state index is 12.4. The minimum atomic E-state index is -0.862. The van der Waals surface area contributed by atoms with Crippen molar-refractivity contribution in [3.8, 4) is 0 Å². The van der Waals surface area contributed by atoms with Gasteiger partial charge in [-0.15, -0.1) is 0 Å². The topological polar surface area (TPSA) is 78.4 Å². The van der Waals surface area contributed by atoms with Gasteiger partial charge in [0.05, 0.1) is 6.42 Å². The maximum atomic E-state index is 12.4. The van der Waals surface area contributed by atoms with E-state index in [-0.39, 0.29) is 17.7 Å².